The van der Waals surface area contributed by atoms with Gasteiger partial charge in [0.1, 0.15) is 0 Å². The molecule has 1 amide bonds. The molecule has 0 fully saturated rings. The molecule has 3 rings (SSSR count). The van der Waals surface area contributed by atoms with Gasteiger partial charge in [0.15, 0.2) is 0 Å². The molecule has 5 nitrogen and oxygen atoms in total. The highest BCUT2D eigenvalue weighted by Crippen LogP contribution is 2.12. The highest BCUT2D eigenvalue weighted by atomic mass is 16.2. The molecule has 0 radical (unpaired) electrons. The summed E-state index contributed by atoms with van der Waals surface area (Å²) < 4.78 is 0. The molecular formula is C16H20N4O. The van der Waals surface area contributed by atoms with Crippen molar-refractivity contribution in [2.45, 2.75) is 31.8 Å². The summed E-state index contributed by atoms with van der Waals surface area (Å²) >= 11 is 0. The van der Waals surface area contributed by atoms with Crippen LogP contribution in [0.25, 0.3) is 0 Å². The van der Waals surface area contributed by atoms with E-state index in [2.05, 4.69) is 32.7 Å². The highest BCUT2D eigenvalue weighted by Gasteiger charge is 2.25. The van der Waals surface area contributed by atoms with Crippen LogP contribution in [0.2, 0.25) is 0 Å². The van der Waals surface area contributed by atoms with E-state index in [9.17, 15) is 4.79 Å². The molecular weight excluding hydrogens is 264 g/mol. The summed E-state index contributed by atoms with van der Waals surface area (Å²) in [5, 5.41) is 6.24. The van der Waals surface area contributed by atoms with Gasteiger partial charge in [-0.3, -0.25) is 10.1 Å². The molecule has 0 saturated heterocycles. The average molecular weight is 284 g/mol. The molecule has 0 bridgehead atoms. The van der Waals surface area contributed by atoms with E-state index in [0.29, 0.717) is 19.5 Å². The lowest BCUT2D eigenvalue weighted by atomic mass is 10.0. The summed E-state index contributed by atoms with van der Waals surface area (Å²) in [7, 11) is 0. The van der Waals surface area contributed by atoms with E-state index in [0.717, 1.165) is 24.2 Å². The maximum absolute atomic E-state index is 12.1. The lowest BCUT2D eigenvalue weighted by Gasteiger charge is -2.22. The Balaban J connectivity index is 1.41. The van der Waals surface area contributed by atoms with Gasteiger partial charge >= 0.3 is 0 Å². The highest BCUT2D eigenvalue weighted by molar-refractivity contribution is 5.82. The van der Waals surface area contributed by atoms with Crippen LogP contribution in [0.3, 0.4) is 0 Å². The summed E-state index contributed by atoms with van der Waals surface area (Å²) in [5.74, 6) is 0.0664. The van der Waals surface area contributed by atoms with Gasteiger partial charge in [0, 0.05) is 19.5 Å². The quantitative estimate of drug-likeness (QED) is 0.722. The fraction of sp³-hybridized carbons (Fsp3) is 0.375. The van der Waals surface area contributed by atoms with Gasteiger partial charge in [0.2, 0.25) is 5.91 Å². The van der Waals surface area contributed by atoms with E-state index in [1.165, 1.54) is 5.56 Å². The zero-order valence-corrected chi connectivity index (χ0v) is 11.9. The van der Waals surface area contributed by atoms with Crippen molar-refractivity contribution >= 4 is 5.91 Å². The minimum absolute atomic E-state index is 0.0664. The molecule has 1 atom stereocenters. The molecule has 110 valence electrons. The number of benzene rings is 1. The number of aromatic nitrogens is 2. The zero-order chi connectivity index (χ0) is 14.5. The predicted octanol–water partition coefficient (Wildman–Crippen LogP) is 1.17. The molecule has 21 heavy (non-hydrogen) atoms. The number of hydrogen-bond donors (Lipinski definition) is 3. The molecule has 5 heteroatoms. The standard InChI is InChI=1S/C16H20N4O/c21-16(14-9-13-15(10-18-14)20-11-19-13)17-8-4-7-12-5-2-1-3-6-12/h1-3,5-6,11,14,18H,4,7-10H2,(H,17,21)(H,19,20). The molecule has 3 N–H and O–H groups in total. The van der Waals surface area contributed by atoms with E-state index < -0.39 is 0 Å². The van der Waals surface area contributed by atoms with Gasteiger partial charge in [0.25, 0.3) is 0 Å². The SMILES string of the molecule is O=C(NCCCc1ccccc1)C1Cc2nc[nH]c2CN1. The van der Waals surface area contributed by atoms with Crippen LogP contribution < -0.4 is 10.6 Å². The summed E-state index contributed by atoms with van der Waals surface area (Å²) in [4.78, 5) is 19.5. The molecule has 1 aromatic heterocycles. The zero-order valence-electron chi connectivity index (χ0n) is 11.9. The van der Waals surface area contributed by atoms with Crippen molar-refractivity contribution in [2.24, 2.45) is 0 Å². The van der Waals surface area contributed by atoms with Crippen molar-refractivity contribution < 1.29 is 4.79 Å². The number of hydrogen-bond acceptors (Lipinski definition) is 3. The molecule has 1 aliphatic rings. The second-order valence-electron chi connectivity index (χ2n) is 5.35. The molecule has 2 heterocycles. The number of fused-ring (bicyclic) bond motifs is 1. The largest absolute Gasteiger partial charge is 0.355 e. The lowest BCUT2D eigenvalue weighted by molar-refractivity contribution is -0.123. The van der Waals surface area contributed by atoms with Crippen molar-refractivity contribution in [1.29, 1.82) is 0 Å². The van der Waals surface area contributed by atoms with Gasteiger partial charge in [-0.15, -0.1) is 0 Å². The third-order valence-corrected chi connectivity index (χ3v) is 3.83. The Bertz CT molecular complexity index is 593. The molecule has 0 spiro atoms. The van der Waals surface area contributed by atoms with Crippen LogP contribution in [0, 0.1) is 0 Å². The number of imidazole rings is 1. The first kappa shape index (κ1) is 13.8. The van der Waals surface area contributed by atoms with Crippen molar-refractivity contribution in [3.05, 3.63) is 53.6 Å². The van der Waals surface area contributed by atoms with Crippen LogP contribution >= 0.6 is 0 Å². The maximum atomic E-state index is 12.1. The van der Waals surface area contributed by atoms with E-state index >= 15 is 0 Å². The van der Waals surface area contributed by atoms with Crippen LogP contribution in [0.4, 0.5) is 0 Å². The Labute approximate surface area is 124 Å². The van der Waals surface area contributed by atoms with Crippen LogP contribution in [0.15, 0.2) is 36.7 Å². The number of H-pyrrole nitrogens is 1. The number of carbonyl (C=O) groups is 1. The fourth-order valence-corrected chi connectivity index (χ4v) is 2.63. The first-order valence-electron chi connectivity index (χ1n) is 7.39. The molecule has 0 aliphatic carbocycles. The van der Waals surface area contributed by atoms with Crippen molar-refractivity contribution in [1.82, 2.24) is 20.6 Å². The van der Waals surface area contributed by atoms with Gasteiger partial charge in [-0.1, -0.05) is 30.3 Å². The summed E-state index contributed by atoms with van der Waals surface area (Å²) in [6.45, 7) is 1.39. The first-order valence-corrected chi connectivity index (χ1v) is 7.39. The van der Waals surface area contributed by atoms with E-state index in [-0.39, 0.29) is 11.9 Å². The Morgan fingerprint density at radius 2 is 2.19 bits per heavy atom. The fourth-order valence-electron chi connectivity index (χ4n) is 2.63. The average Bonchev–Trinajstić information content (AvgIpc) is 3.00. The topological polar surface area (TPSA) is 69.8 Å². The number of aryl methyl sites for hydroxylation is 1. The summed E-state index contributed by atoms with van der Waals surface area (Å²) in [5.41, 5.74) is 3.39. The van der Waals surface area contributed by atoms with Crippen molar-refractivity contribution in [3.8, 4) is 0 Å². The minimum Gasteiger partial charge on any atom is -0.355 e. The second-order valence-corrected chi connectivity index (χ2v) is 5.35. The molecule has 0 saturated carbocycles. The number of carbonyl (C=O) groups excluding carboxylic acids is 1. The Hall–Kier alpha value is -2.14. The van der Waals surface area contributed by atoms with Crippen LogP contribution in [0.1, 0.15) is 23.4 Å². The van der Waals surface area contributed by atoms with Crippen LogP contribution in [-0.4, -0.2) is 28.5 Å². The Morgan fingerprint density at radius 3 is 3.05 bits per heavy atom. The second kappa shape index (κ2) is 6.54. The Kier molecular flexibility index (Phi) is 4.31. The van der Waals surface area contributed by atoms with Crippen molar-refractivity contribution in [2.75, 3.05) is 6.54 Å². The monoisotopic (exact) mass is 284 g/mol. The van der Waals surface area contributed by atoms with Gasteiger partial charge < -0.3 is 10.3 Å². The third kappa shape index (κ3) is 3.49. The van der Waals surface area contributed by atoms with E-state index in [4.69, 9.17) is 0 Å². The lowest BCUT2D eigenvalue weighted by Crippen LogP contribution is -2.47. The summed E-state index contributed by atoms with van der Waals surface area (Å²) in [6, 6.07) is 10.2. The number of nitrogens with one attached hydrogen (secondary N) is 3. The molecule has 2 aromatic rings. The Morgan fingerprint density at radius 1 is 1.33 bits per heavy atom. The molecule has 1 aliphatic heterocycles. The normalized spacial score (nSPS) is 17.2. The number of amides is 1. The first-order chi connectivity index (χ1) is 10.3. The number of rotatable bonds is 5. The maximum Gasteiger partial charge on any atom is 0.237 e. The number of nitrogens with zero attached hydrogens (tertiary/aromatic N) is 1. The predicted molar refractivity (Wildman–Crippen MR) is 80.7 cm³/mol. The summed E-state index contributed by atoms with van der Waals surface area (Å²) in [6.07, 6.45) is 4.29. The van der Waals surface area contributed by atoms with E-state index in [1.807, 2.05) is 18.2 Å². The third-order valence-electron chi connectivity index (χ3n) is 3.83. The van der Waals surface area contributed by atoms with Gasteiger partial charge in [-0.2, -0.15) is 0 Å². The smallest absolute Gasteiger partial charge is 0.237 e. The number of aromatic amines is 1. The van der Waals surface area contributed by atoms with Gasteiger partial charge in [-0.05, 0) is 18.4 Å². The molecule has 1 unspecified atom stereocenters. The van der Waals surface area contributed by atoms with E-state index in [1.54, 1.807) is 6.33 Å². The minimum atomic E-state index is -0.169. The van der Waals surface area contributed by atoms with Crippen LogP contribution in [0.5, 0.6) is 0 Å². The van der Waals surface area contributed by atoms with Gasteiger partial charge in [-0.25, -0.2) is 4.98 Å². The van der Waals surface area contributed by atoms with Crippen molar-refractivity contribution in [3.63, 3.8) is 0 Å². The molecule has 1 aromatic carbocycles. The van der Waals surface area contributed by atoms with Gasteiger partial charge in [0.05, 0.1) is 23.8 Å². The van der Waals surface area contributed by atoms with Crippen LogP contribution in [-0.2, 0) is 24.2 Å².